The first-order valence-corrected chi connectivity index (χ1v) is 5.92. The number of methoxy groups -OCH3 is 2. The minimum absolute atomic E-state index is 0.218. The van der Waals surface area contributed by atoms with Crippen LogP contribution in [0.3, 0.4) is 0 Å². The van der Waals surface area contributed by atoms with Gasteiger partial charge in [0.2, 0.25) is 0 Å². The Morgan fingerprint density at radius 2 is 1.63 bits per heavy atom. The second-order valence-electron chi connectivity index (χ2n) is 4.03. The summed E-state index contributed by atoms with van der Waals surface area (Å²) in [6.07, 6.45) is 3.86. The van der Waals surface area contributed by atoms with Crippen molar-refractivity contribution in [3.63, 3.8) is 0 Å². The van der Waals surface area contributed by atoms with Crippen LogP contribution in [0, 0.1) is 0 Å². The summed E-state index contributed by atoms with van der Waals surface area (Å²) in [6, 6.07) is 12.7. The SMILES string of the molecule is COc1ccc(/C=C/c2cc(O)ccc2OC)cc1. The zero-order chi connectivity index (χ0) is 13.7. The van der Waals surface area contributed by atoms with Crippen LogP contribution in [0.2, 0.25) is 0 Å². The van der Waals surface area contributed by atoms with E-state index in [9.17, 15) is 5.11 Å². The zero-order valence-electron chi connectivity index (χ0n) is 11.0. The Bertz CT molecular complexity index is 571. The smallest absolute Gasteiger partial charge is 0.126 e. The quantitative estimate of drug-likeness (QED) is 0.850. The lowest BCUT2D eigenvalue weighted by molar-refractivity contribution is 0.411. The summed E-state index contributed by atoms with van der Waals surface area (Å²) < 4.78 is 10.3. The molecule has 0 amide bonds. The maximum Gasteiger partial charge on any atom is 0.126 e. The van der Waals surface area contributed by atoms with Crippen molar-refractivity contribution in [3.8, 4) is 17.2 Å². The Morgan fingerprint density at radius 3 is 2.26 bits per heavy atom. The third-order valence-electron chi connectivity index (χ3n) is 2.78. The van der Waals surface area contributed by atoms with E-state index in [0.29, 0.717) is 0 Å². The summed E-state index contributed by atoms with van der Waals surface area (Å²) in [6.45, 7) is 0. The Labute approximate surface area is 112 Å². The van der Waals surface area contributed by atoms with E-state index in [1.165, 1.54) is 0 Å². The molecule has 2 aromatic carbocycles. The van der Waals surface area contributed by atoms with Gasteiger partial charge in [-0.25, -0.2) is 0 Å². The van der Waals surface area contributed by atoms with E-state index in [0.717, 1.165) is 22.6 Å². The summed E-state index contributed by atoms with van der Waals surface area (Å²) in [5, 5.41) is 9.49. The number of phenols is 1. The molecule has 3 nitrogen and oxygen atoms in total. The second kappa shape index (κ2) is 5.96. The van der Waals surface area contributed by atoms with Crippen LogP contribution in [0.25, 0.3) is 12.2 Å². The van der Waals surface area contributed by atoms with Gasteiger partial charge in [0.1, 0.15) is 17.2 Å². The third kappa shape index (κ3) is 3.28. The van der Waals surface area contributed by atoms with Gasteiger partial charge in [-0.05, 0) is 35.9 Å². The highest BCUT2D eigenvalue weighted by Gasteiger charge is 2.00. The molecule has 0 fully saturated rings. The molecule has 2 rings (SSSR count). The predicted octanol–water partition coefficient (Wildman–Crippen LogP) is 3.58. The molecule has 0 saturated carbocycles. The van der Waals surface area contributed by atoms with E-state index < -0.39 is 0 Å². The van der Waals surface area contributed by atoms with Crippen LogP contribution in [0.15, 0.2) is 42.5 Å². The molecular formula is C16H16O3. The van der Waals surface area contributed by atoms with Crippen molar-refractivity contribution in [1.82, 2.24) is 0 Å². The van der Waals surface area contributed by atoms with Crippen molar-refractivity contribution in [2.75, 3.05) is 14.2 Å². The van der Waals surface area contributed by atoms with Crippen molar-refractivity contribution in [3.05, 3.63) is 53.6 Å². The summed E-state index contributed by atoms with van der Waals surface area (Å²) in [5.74, 6) is 1.77. The largest absolute Gasteiger partial charge is 0.508 e. The molecule has 98 valence electrons. The van der Waals surface area contributed by atoms with E-state index in [4.69, 9.17) is 9.47 Å². The Balaban J connectivity index is 2.23. The van der Waals surface area contributed by atoms with Crippen molar-refractivity contribution < 1.29 is 14.6 Å². The Hall–Kier alpha value is -2.42. The summed E-state index contributed by atoms with van der Waals surface area (Å²) in [5.41, 5.74) is 1.88. The average molecular weight is 256 g/mol. The second-order valence-corrected chi connectivity index (χ2v) is 4.03. The van der Waals surface area contributed by atoms with Gasteiger partial charge >= 0.3 is 0 Å². The highest BCUT2D eigenvalue weighted by atomic mass is 16.5. The van der Waals surface area contributed by atoms with Gasteiger partial charge in [-0.1, -0.05) is 24.3 Å². The molecule has 0 aromatic heterocycles. The van der Waals surface area contributed by atoms with Gasteiger partial charge in [0.15, 0.2) is 0 Å². The van der Waals surface area contributed by atoms with Gasteiger partial charge in [-0.3, -0.25) is 0 Å². The van der Waals surface area contributed by atoms with E-state index in [1.54, 1.807) is 32.4 Å². The van der Waals surface area contributed by atoms with Gasteiger partial charge in [-0.2, -0.15) is 0 Å². The van der Waals surface area contributed by atoms with Crippen molar-refractivity contribution >= 4 is 12.2 Å². The topological polar surface area (TPSA) is 38.7 Å². The molecule has 1 N–H and O–H groups in total. The molecule has 0 bridgehead atoms. The monoisotopic (exact) mass is 256 g/mol. The lowest BCUT2D eigenvalue weighted by atomic mass is 10.1. The van der Waals surface area contributed by atoms with E-state index in [1.807, 2.05) is 36.4 Å². The first kappa shape index (κ1) is 13.0. The molecule has 0 radical (unpaired) electrons. The first-order valence-electron chi connectivity index (χ1n) is 5.92. The fraction of sp³-hybridized carbons (Fsp3) is 0.125. The maximum atomic E-state index is 9.49. The molecular weight excluding hydrogens is 240 g/mol. The maximum absolute atomic E-state index is 9.49. The van der Waals surface area contributed by atoms with Crippen LogP contribution in [-0.4, -0.2) is 19.3 Å². The number of benzene rings is 2. The van der Waals surface area contributed by atoms with Gasteiger partial charge in [0.25, 0.3) is 0 Å². The van der Waals surface area contributed by atoms with E-state index in [2.05, 4.69) is 0 Å². The zero-order valence-corrected chi connectivity index (χ0v) is 11.0. The van der Waals surface area contributed by atoms with Crippen LogP contribution >= 0.6 is 0 Å². The fourth-order valence-electron chi connectivity index (χ4n) is 1.75. The minimum Gasteiger partial charge on any atom is -0.508 e. The summed E-state index contributed by atoms with van der Waals surface area (Å²) in [4.78, 5) is 0. The van der Waals surface area contributed by atoms with Gasteiger partial charge in [0.05, 0.1) is 14.2 Å². The number of rotatable bonds is 4. The third-order valence-corrected chi connectivity index (χ3v) is 2.78. The molecule has 0 aliphatic heterocycles. The number of hydrogen-bond acceptors (Lipinski definition) is 3. The molecule has 0 atom stereocenters. The van der Waals surface area contributed by atoms with E-state index >= 15 is 0 Å². The standard InChI is InChI=1S/C16H16O3/c1-18-15-8-4-12(5-9-15)3-6-13-11-14(17)7-10-16(13)19-2/h3-11,17H,1-2H3/b6-3+. The Kier molecular flexibility index (Phi) is 4.08. The summed E-state index contributed by atoms with van der Waals surface area (Å²) in [7, 11) is 3.25. The van der Waals surface area contributed by atoms with Crippen molar-refractivity contribution in [1.29, 1.82) is 0 Å². The van der Waals surface area contributed by atoms with Gasteiger partial charge < -0.3 is 14.6 Å². The molecule has 0 aliphatic carbocycles. The summed E-state index contributed by atoms with van der Waals surface area (Å²) >= 11 is 0. The lowest BCUT2D eigenvalue weighted by Crippen LogP contribution is -1.86. The number of phenolic OH excluding ortho intramolecular Hbond substituents is 1. The van der Waals surface area contributed by atoms with Crippen LogP contribution < -0.4 is 9.47 Å². The van der Waals surface area contributed by atoms with Crippen LogP contribution in [0.4, 0.5) is 0 Å². The van der Waals surface area contributed by atoms with Crippen molar-refractivity contribution in [2.45, 2.75) is 0 Å². The molecule has 0 unspecified atom stereocenters. The first-order chi connectivity index (χ1) is 9.22. The van der Waals surface area contributed by atoms with Crippen LogP contribution in [-0.2, 0) is 0 Å². The molecule has 0 heterocycles. The highest BCUT2D eigenvalue weighted by molar-refractivity contribution is 5.73. The number of ether oxygens (including phenoxy) is 2. The number of hydrogen-bond donors (Lipinski definition) is 1. The van der Waals surface area contributed by atoms with Gasteiger partial charge in [-0.15, -0.1) is 0 Å². The molecule has 2 aromatic rings. The Morgan fingerprint density at radius 1 is 0.895 bits per heavy atom. The molecule has 0 spiro atoms. The van der Waals surface area contributed by atoms with Gasteiger partial charge in [0, 0.05) is 5.56 Å². The van der Waals surface area contributed by atoms with Crippen molar-refractivity contribution in [2.24, 2.45) is 0 Å². The normalized spacial score (nSPS) is 10.6. The molecule has 19 heavy (non-hydrogen) atoms. The lowest BCUT2D eigenvalue weighted by Gasteiger charge is -2.05. The molecule has 0 aliphatic rings. The highest BCUT2D eigenvalue weighted by Crippen LogP contribution is 2.25. The van der Waals surface area contributed by atoms with Crippen LogP contribution in [0.1, 0.15) is 11.1 Å². The molecule has 3 heteroatoms. The molecule has 0 saturated heterocycles. The van der Waals surface area contributed by atoms with E-state index in [-0.39, 0.29) is 5.75 Å². The minimum atomic E-state index is 0.218. The van der Waals surface area contributed by atoms with Crippen LogP contribution in [0.5, 0.6) is 17.2 Å². The predicted molar refractivity (Wildman–Crippen MR) is 76.6 cm³/mol. The average Bonchev–Trinajstić information content (AvgIpc) is 2.46. The fourth-order valence-corrected chi connectivity index (χ4v) is 1.75. The number of aromatic hydroxyl groups is 1.